The average Bonchev–Trinajstić information content (AvgIpc) is 2.43. The zero-order valence-corrected chi connectivity index (χ0v) is 12.3. The van der Waals surface area contributed by atoms with Crippen molar-refractivity contribution in [3.63, 3.8) is 0 Å². The Morgan fingerprint density at radius 2 is 1.58 bits per heavy atom. The standard InChI is InChI=1S/C19H25/c1-4-6-10-16-13-14-17-15(3)9-8-12-19(17)18(16)11-7-5-2/h8-9,12-14H,3-7,10-11H2,1-2H3. The highest BCUT2D eigenvalue weighted by Gasteiger charge is 2.08. The third kappa shape index (κ3) is 3.18. The summed E-state index contributed by atoms with van der Waals surface area (Å²) in [7, 11) is 0. The van der Waals surface area contributed by atoms with E-state index in [4.69, 9.17) is 0 Å². The average molecular weight is 253 g/mol. The van der Waals surface area contributed by atoms with Gasteiger partial charge in [-0.25, -0.2) is 0 Å². The minimum Gasteiger partial charge on any atom is -0.0654 e. The topological polar surface area (TPSA) is 0 Å². The van der Waals surface area contributed by atoms with Gasteiger partial charge in [0.05, 0.1) is 0 Å². The van der Waals surface area contributed by atoms with Crippen molar-refractivity contribution in [2.75, 3.05) is 0 Å². The molecule has 0 aliphatic rings. The lowest BCUT2D eigenvalue weighted by molar-refractivity contribution is 0.762. The van der Waals surface area contributed by atoms with Gasteiger partial charge in [0.25, 0.3) is 0 Å². The van der Waals surface area contributed by atoms with Crippen molar-refractivity contribution in [1.29, 1.82) is 0 Å². The minimum atomic E-state index is 1.15. The molecule has 0 aromatic heterocycles. The maximum absolute atomic E-state index is 4.16. The third-order valence-corrected chi connectivity index (χ3v) is 3.94. The van der Waals surface area contributed by atoms with Crippen LogP contribution in [0.15, 0.2) is 30.3 Å². The van der Waals surface area contributed by atoms with E-state index in [1.54, 1.807) is 11.1 Å². The fourth-order valence-electron chi connectivity index (χ4n) is 2.78. The first-order valence-electron chi connectivity index (χ1n) is 7.63. The van der Waals surface area contributed by atoms with E-state index < -0.39 is 0 Å². The smallest absolute Gasteiger partial charge is 0.0146 e. The molecule has 0 unspecified atom stereocenters. The van der Waals surface area contributed by atoms with Gasteiger partial charge in [-0.15, -0.1) is 0 Å². The molecular formula is C19H25. The summed E-state index contributed by atoms with van der Waals surface area (Å²) >= 11 is 0. The Bertz CT molecular complexity index is 537. The summed E-state index contributed by atoms with van der Waals surface area (Å²) < 4.78 is 0. The van der Waals surface area contributed by atoms with Gasteiger partial charge >= 0.3 is 0 Å². The molecule has 0 heteroatoms. The van der Waals surface area contributed by atoms with E-state index in [0.29, 0.717) is 0 Å². The second-order valence-corrected chi connectivity index (χ2v) is 5.42. The maximum Gasteiger partial charge on any atom is -0.0146 e. The molecule has 0 aliphatic heterocycles. The molecule has 0 N–H and O–H groups in total. The van der Waals surface area contributed by atoms with E-state index in [0.717, 1.165) is 5.56 Å². The van der Waals surface area contributed by atoms with E-state index >= 15 is 0 Å². The Kier molecular flexibility index (Phi) is 5.01. The number of hydrogen-bond acceptors (Lipinski definition) is 0. The van der Waals surface area contributed by atoms with Crippen molar-refractivity contribution in [2.45, 2.75) is 52.4 Å². The molecule has 2 aromatic rings. The summed E-state index contributed by atoms with van der Waals surface area (Å²) in [5.41, 5.74) is 4.27. The Balaban J connectivity index is 2.49. The van der Waals surface area contributed by atoms with Crippen molar-refractivity contribution >= 4 is 10.8 Å². The van der Waals surface area contributed by atoms with Crippen molar-refractivity contribution < 1.29 is 0 Å². The Morgan fingerprint density at radius 1 is 0.842 bits per heavy atom. The normalized spacial score (nSPS) is 11.1. The van der Waals surface area contributed by atoms with Crippen LogP contribution in [0, 0.1) is 6.92 Å². The van der Waals surface area contributed by atoms with E-state index in [1.807, 2.05) is 0 Å². The highest BCUT2D eigenvalue weighted by atomic mass is 14.1. The Morgan fingerprint density at radius 3 is 2.32 bits per heavy atom. The summed E-state index contributed by atoms with van der Waals surface area (Å²) in [6.07, 6.45) is 7.51. The molecule has 0 fully saturated rings. The number of aryl methyl sites for hydroxylation is 2. The quantitative estimate of drug-likeness (QED) is 0.618. The molecule has 19 heavy (non-hydrogen) atoms. The first kappa shape index (κ1) is 14.1. The van der Waals surface area contributed by atoms with Crippen LogP contribution in [0.4, 0.5) is 0 Å². The predicted octanol–water partition coefficient (Wildman–Crippen LogP) is 5.71. The van der Waals surface area contributed by atoms with Crippen molar-refractivity contribution in [1.82, 2.24) is 0 Å². The maximum atomic E-state index is 4.16. The molecule has 2 aromatic carbocycles. The summed E-state index contributed by atoms with van der Waals surface area (Å²) in [6, 6.07) is 11.1. The first-order valence-corrected chi connectivity index (χ1v) is 7.63. The summed E-state index contributed by atoms with van der Waals surface area (Å²) in [6.45, 7) is 8.69. The number of benzene rings is 2. The van der Waals surface area contributed by atoms with Crippen LogP contribution in [0.3, 0.4) is 0 Å². The van der Waals surface area contributed by atoms with Gasteiger partial charge in [0.2, 0.25) is 0 Å². The summed E-state index contributed by atoms with van der Waals surface area (Å²) in [4.78, 5) is 0. The van der Waals surface area contributed by atoms with Gasteiger partial charge in [-0.2, -0.15) is 0 Å². The molecule has 0 heterocycles. The predicted molar refractivity (Wildman–Crippen MR) is 85.6 cm³/mol. The molecular weight excluding hydrogens is 228 g/mol. The molecule has 0 amide bonds. The third-order valence-electron chi connectivity index (χ3n) is 3.94. The van der Waals surface area contributed by atoms with Crippen LogP contribution in [0.1, 0.15) is 56.2 Å². The fourth-order valence-corrected chi connectivity index (χ4v) is 2.78. The molecule has 0 nitrogen and oxygen atoms in total. The largest absolute Gasteiger partial charge is 0.0654 e. The molecule has 0 bridgehead atoms. The van der Waals surface area contributed by atoms with E-state index in [2.05, 4.69) is 51.1 Å². The van der Waals surface area contributed by atoms with Crippen LogP contribution < -0.4 is 0 Å². The second kappa shape index (κ2) is 6.75. The number of unbranched alkanes of at least 4 members (excludes halogenated alkanes) is 2. The molecule has 0 aliphatic carbocycles. The van der Waals surface area contributed by atoms with Crippen molar-refractivity contribution in [2.24, 2.45) is 0 Å². The fraction of sp³-hybridized carbons (Fsp3) is 0.421. The summed E-state index contributed by atoms with van der Waals surface area (Å²) in [5.74, 6) is 0. The molecule has 0 saturated heterocycles. The van der Waals surface area contributed by atoms with E-state index in [-0.39, 0.29) is 0 Å². The lowest BCUT2D eigenvalue weighted by Crippen LogP contribution is -1.97. The zero-order chi connectivity index (χ0) is 13.7. The Labute approximate surface area is 117 Å². The molecule has 0 spiro atoms. The van der Waals surface area contributed by atoms with Crippen LogP contribution in [0.25, 0.3) is 10.8 Å². The highest BCUT2D eigenvalue weighted by molar-refractivity contribution is 5.90. The number of rotatable bonds is 6. The zero-order valence-electron chi connectivity index (χ0n) is 12.3. The van der Waals surface area contributed by atoms with Gasteiger partial charge in [0, 0.05) is 0 Å². The van der Waals surface area contributed by atoms with Crippen LogP contribution in [0.2, 0.25) is 0 Å². The Hall–Kier alpha value is -1.30. The van der Waals surface area contributed by atoms with Gasteiger partial charge in [-0.1, -0.05) is 57.0 Å². The summed E-state index contributed by atoms with van der Waals surface area (Å²) in [5, 5.41) is 2.75. The molecule has 2 rings (SSSR count). The van der Waals surface area contributed by atoms with Gasteiger partial charge in [0.15, 0.2) is 0 Å². The monoisotopic (exact) mass is 253 g/mol. The van der Waals surface area contributed by atoms with Crippen LogP contribution >= 0.6 is 0 Å². The van der Waals surface area contributed by atoms with Crippen LogP contribution in [-0.2, 0) is 12.8 Å². The molecule has 1 radical (unpaired) electrons. The highest BCUT2D eigenvalue weighted by Crippen LogP contribution is 2.27. The first-order chi connectivity index (χ1) is 9.27. The van der Waals surface area contributed by atoms with Gasteiger partial charge in [-0.05, 0) is 60.1 Å². The minimum absolute atomic E-state index is 1.15. The molecule has 0 atom stereocenters. The SMILES string of the molecule is [CH2]c1cccc2c(CCCC)c(CCCC)ccc12. The van der Waals surface area contributed by atoms with Crippen LogP contribution in [0.5, 0.6) is 0 Å². The second-order valence-electron chi connectivity index (χ2n) is 5.42. The lowest BCUT2D eigenvalue weighted by atomic mass is 9.91. The van der Waals surface area contributed by atoms with Crippen molar-refractivity contribution in [3.05, 3.63) is 53.9 Å². The van der Waals surface area contributed by atoms with Gasteiger partial charge < -0.3 is 0 Å². The van der Waals surface area contributed by atoms with E-state index in [1.165, 1.54) is 49.3 Å². The lowest BCUT2D eigenvalue weighted by Gasteiger charge is -2.14. The van der Waals surface area contributed by atoms with Crippen LogP contribution in [-0.4, -0.2) is 0 Å². The van der Waals surface area contributed by atoms with Gasteiger partial charge in [-0.3, -0.25) is 0 Å². The number of fused-ring (bicyclic) bond motifs is 1. The van der Waals surface area contributed by atoms with E-state index in [9.17, 15) is 0 Å². The number of hydrogen-bond donors (Lipinski definition) is 0. The van der Waals surface area contributed by atoms with Crippen molar-refractivity contribution in [3.8, 4) is 0 Å². The molecule has 101 valence electrons. The molecule has 0 saturated carbocycles. The van der Waals surface area contributed by atoms with Gasteiger partial charge in [0.1, 0.15) is 0 Å².